The number of methoxy groups -OCH3 is 1. The SMILES string of the molecule is CC[C@@H](C)NC(=O)[C@H](C)N(Cc1ccc(Cl)cc1Cl)C(=O)CN(c1ccc(OC)cc1)S(=O)(=O)c1ccc(C)c([N+](=O)[O-])c1. The predicted octanol–water partition coefficient (Wildman–Crippen LogP) is 5.75. The summed E-state index contributed by atoms with van der Waals surface area (Å²) in [7, 11) is -3.09. The van der Waals surface area contributed by atoms with Gasteiger partial charge in [-0.2, -0.15) is 0 Å². The highest BCUT2D eigenvalue weighted by atomic mass is 35.5. The Morgan fingerprint density at radius 3 is 2.27 bits per heavy atom. The quantitative estimate of drug-likeness (QED) is 0.181. The van der Waals surface area contributed by atoms with Crippen molar-refractivity contribution < 1.29 is 27.7 Å². The molecule has 2 atom stereocenters. The number of nitro benzene ring substituents is 1. The fraction of sp³-hybridized carbons (Fsp3) is 0.333. The van der Waals surface area contributed by atoms with E-state index in [4.69, 9.17) is 27.9 Å². The number of nitro groups is 1. The van der Waals surface area contributed by atoms with Gasteiger partial charge in [-0.05, 0) is 75.2 Å². The Balaban J connectivity index is 2.11. The molecular weight excluding hydrogens is 631 g/mol. The summed E-state index contributed by atoms with van der Waals surface area (Å²) in [6, 6.07) is 13.0. The number of nitrogens with zero attached hydrogens (tertiary/aromatic N) is 3. The fourth-order valence-corrected chi connectivity index (χ4v) is 6.14. The van der Waals surface area contributed by atoms with Gasteiger partial charge in [0.1, 0.15) is 18.3 Å². The van der Waals surface area contributed by atoms with Gasteiger partial charge in [0.15, 0.2) is 0 Å². The van der Waals surface area contributed by atoms with Crippen LogP contribution in [0.5, 0.6) is 5.75 Å². The summed E-state index contributed by atoms with van der Waals surface area (Å²) in [6.07, 6.45) is 0.654. The smallest absolute Gasteiger partial charge is 0.273 e. The van der Waals surface area contributed by atoms with Crippen LogP contribution in [0, 0.1) is 17.0 Å². The molecule has 0 heterocycles. The van der Waals surface area contributed by atoms with Crippen LogP contribution >= 0.6 is 23.2 Å². The maximum Gasteiger partial charge on any atom is 0.273 e. The van der Waals surface area contributed by atoms with Gasteiger partial charge in [-0.15, -0.1) is 0 Å². The standard InChI is InChI=1S/C30H34Cl2N4O7S/c1-6-20(3)33-30(38)21(4)34(17-22-8-9-23(31)15-27(22)32)29(37)18-35(24-10-12-25(43-5)13-11-24)44(41,42)26-14-7-19(2)28(16-26)36(39)40/h7-16,20-21H,6,17-18H2,1-5H3,(H,33,38)/t20-,21+/m1/s1. The average molecular weight is 666 g/mol. The highest BCUT2D eigenvalue weighted by Crippen LogP contribution is 2.30. The minimum atomic E-state index is -4.53. The number of ether oxygens (including phenoxy) is 1. The summed E-state index contributed by atoms with van der Waals surface area (Å²) in [5, 5.41) is 15.1. The average Bonchev–Trinajstić information content (AvgIpc) is 2.98. The van der Waals surface area contributed by atoms with E-state index in [1.165, 1.54) is 68.3 Å². The zero-order chi connectivity index (χ0) is 32.8. The van der Waals surface area contributed by atoms with E-state index in [0.717, 1.165) is 10.4 Å². The normalized spacial score (nSPS) is 12.6. The van der Waals surface area contributed by atoms with Gasteiger partial charge in [0, 0.05) is 34.3 Å². The molecule has 0 fully saturated rings. The monoisotopic (exact) mass is 664 g/mol. The Labute approximate surface area is 266 Å². The first-order valence-corrected chi connectivity index (χ1v) is 15.8. The number of carbonyl (C=O) groups excluding carboxylic acids is 2. The first kappa shape index (κ1) is 34.6. The molecule has 0 saturated heterocycles. The van der Waals surface area contributed by atoms with Gasteiger partial charge in [0.05, 0.1) is 22.6 Å². The first-order chi connectivity index (χ1) is 20.7. The lowest BCUT2D eigenvalue weighted by Crippen LogP contribution is -2.52. The van der Waals surface area contributed by atoms with Gasteiger partial charge >= 0.3 is 0 Å². The van der Waals surface area contributed by atoms with Crippen molar-refractivity contribution in [3.63, 3.8) is 0 Å². The van der Waals surface area contributed by atoms with Gasteiger partial charge in [0.25, 0.3) is 15.7 Å². The van der Waals surface area contributed by atoms with E-state index in [-0.39, 0.29) is 39.4 Å². The highest BCUT2D eigenvalue weighted by molar-refractivity contribution is 7.92. The maximum atomic E-state index is 14.1. The molecule has 3 aromatic carbocycles. The molecule has 3 rings (SSSR count). The van der Waals surface area contributed by atoms with Gasteiger partial charge < -0.3 is 15.0 Å². The van der Waals surface area contributed by atoms with Crippen molar-refractivity contribution in [1.82, 2.24) is 10.2 Å². The molecule has 0 aliphatic carbocycles. The molecule has 3 aromatic rings. The number of amides is 2. The lowest BCUT2D eigenvalue weighted by molar-refractivity contribution is -0.385. The minimum Gasteiger partial charge on any atom is -0.497 e. The summed E-state index contributed by atoms with van der Waals surface area (Å²) in [5.41, 5.74) is 0.471. The molecule has 0 aromatic heterocycles. The molecule has 0 radical (unpaired) electrons. The third-order valence-electron chi connectivity index (χ3n) is 7.13. The number of carbonyl (C=O) groups is 2. The second kappa shape index (κ2) is 14.7. The molecule has 0 unspecified atom stereocenters. The first-order valence-electron chi connectivity index (χ1n) is 13.6. The van der Waals surface area contributed by atoms with Gasteiger partial charge in [-0.1, -0.05) is 42.3 Å². The summed E-state index contributed by atoms with van der Waals surface area (Å²) in [4.78, 5) is 39.1. The lowest BCUT2D eigenvalue weighted by atomic mass is 10.1. The topological polar surface area (TPSA) is 139 Å². The molecule has 44 heavy (non-hydrogen) atoms. The van der Waals surface area contributed by atoms with Crippen LogP contribution in [-0.4, -0.2) is 55.8 Å². The highest BCUT2D eigenvalue weighted by Gasteiger charge is 2.34. The number of benzene rings is 3. The Hall–Kier alpha value is -3.87. The number of rotatable bonds is 13. The Morgan fingerprint density at radius 2 is 1.70 bits per heavy atom. The number of hydrogen-bond acceptors (Lipinski definition) is 7. The third kappa shape index (κ3) is 8.19. The van der Waals surface area contributed by atoms with Gasteiger partial charge in [-0.25, -0.2) is 8.42 Å². The number of anilines is 1. The second-order valence-corrected chi connectivity index (χ2v) is 12.9. The molecule has 2 amide bonds. The van der Waals surface area contributed by atoms with Crippen LogP contribution in [0.2, 0.25) is 10.0 Å². The minimum absolute atomic E-state index is 0.101. The van der Waals surface area contributed by atoms with E-state index in [1.54, 1.807) is 12.1 Å². The van der Waals surface area contributed by atoms with Crippen molar-refractivity contribution in [3.8, 4) is 5.75 Å². The maximum absolute atomic E-state index is 14.1. The van der Waals surface area contributed by atoms with Crippen LogP contribution in [0.25, 0.3) is 0 Å². The number of halogens is 2. The van der Waals surface area contributed by atoms with E-state index in [2.05, 4.69) is 5.32 Å². The predicted molar refractivity (Wildman–Crippen MR) is 170 cm³/mol. The molecule has 14 heteroatoms. The van der Waals surface area contributed by atoms with Crippen molar-refractivity contribution >= 4 is 56.4 Å². The Kier molecular flexibility index (Phi) is 11.6. The van der Waals surface area contributed by atoms with E-state index >= 15 is 0 Å². The zero-order valence-corrected chi connectivity index (χ0v) is 27.2. The van der Waals surface area contributed by atoms with Crippen molar-refractivity contribution in [2.24, 2.45) is 0 Å². The molecule has 1 N–H and O–H groups in total. The van der Waals surface area contributed by atoms with E-state index in [0.29, 0.717) is 22.8 Å². The third-order valence-corrected chi connectivity index (χ3v) is 9.49. The summed E-state index contributed by atoms with van der Waals surface area (Å²) in [6.45, 7) is 5.89. The molecule has 236 valence electrons. The number of hydrogen-bond donors (Lipinski definition) is 1. The number of nitrogens with one attached hydrogen (secondary N) is 1. The van der Waals surface area contributed by atoms with Crippen LogP contribution in [0.3, 0.4) is 0 Å². The largest absolute Gasteiger partial charge is 0.497 e. The van der Waals surface area contributed by atoms with Crippen LogP contribution in [0.15, 0.2) is 65.6 Å². The summed E-state index contributed by atoms with van der Waals surface area (Å²) >= 11 is 12.5. The number of sulfonamides is 1. The molecule has 0 aliphatic rings. The zero-order valence-electron chi connectivity index (χ0n) is 24.9. The summed E-state index contributed by atoms with van der Waals surface area (Å²) < 4.78 is 34.2. The van der Waals surface area contributed by atoms with Crippen molar-refractivity contribution in [3.05, 3.63) is 92.0 Å². The van der Waals surface area contributed by atoms with Crippen LogP contribution in [0.1, 0.15) is 38.3 Å². The van der Waals surface area contributed by atoms with Crippen LogP contribution < -0.4 is 14.4 Å². The van der Waals surface area contributed by atoms with Crippen molar-refractivity contribution in [2.75, 3.05) is 18.0 Å². The Bertz CT molecular complexity index is 1630. The molecule has 0 bridgehead atoms. The molecule has 11 nitrogen and oxygen atoms in total. The van der Waals surface area contributed by atoms with E-state index in [9.17, 15) is 28.1 Å². The molecule has 0 spiro atoms. The van der Waals surface area contributed by atoms with Gasteiger partial charge in [0.2, 0.25) is 11.8 Å². The second-order valence-electron chi connectivity index (χ2n) is 10.2. The van der Waals surface area contributed by atoms with Crippen molar-refractivity contribution in [1.29, 1.82) is 0 Å². The van der Waals surface area contributed by atoms with E-state index < -0.39 is 39.3 Å². The lowest BCUT2D eigenvalue weighted by Gasteiger charge is -2.32. The van der Waals surface area contributed by atoms with E-state index in [1.807, 2.05) is 13.8 Å². The van der Waals surface area contributed by atoms with Crippen LogP contribution in [-0.2, 0) is 26.2 Å². The van der Waals surface area contributed by atoms with Crippen molar-refractivity contribution in [2.45, 2.75) is 57.6 Å². The fourth-order valence-electron chi connectivity index (χ4n) is 4.23. The molecule has 0 saturated carbocycles. The molecule has 0 aliphatic heterocycles. The Morgan fingerprint density at radius 1 is 1.05 bits per heavy atom. The summed E-state index contributed by atoms with van der Waals surface area (Å²) in [5.74, 6) is -0.715. The van der Waals surface area contributed by atoms with Gasteiger partial charge in [-0.3, -0.25) is 24.0 Å². The molecular formula is C30H34Cl2N4O7S. The number of aryl methyl sites for hydroxylation is 1. The van der Waals surface area contributed by atoms with Crippen LogP contribution in [0.4, 0.5) is 11.4 Å².